The number of nitrogens with zero attached hydrogens (tertiary/aromatic N) is 5. The first kappa shape index (κ1) is 16.5. The maximum absolute atomic E-state index is 13.7. The van der Waals surface area contributed by atoms with Crippen molar-refractivity contribution in [2.45, 2.75) is 27.3 Å². The van der Waals surface area contributed by atoms with Crippen LogP contribution in [0.1, 0.15) is 28.3 Å². The van der Waals surface area contributed by atoms with Crippen molar-refractivity contribution in [2.75, 3.05) is 0 Å². The Labute approximate surface area is 142 Å². The van der Waals surface area contributed by atoms with E-state index in [0.29, 0.717) is 22.4 Å². The molecule has 2 aromatic heterocycles. The molecule has 2 heterocycles. The standard InChI is InChI=1S/C17H14FN5O2/c1-9-4-5-12(6-14(9)18)16-20-15(25-22-16)8-23-17(24)13(7-19)10(2)11(3)21-23/h4-6H,8H2,1-3H3. The van der Waals surface area contributed by atoms with Crippen LogP contribution in [0.3, 0.4) is 0 Å². The lowest BCUT2D eigenvalue weighted by molar-refractivity contribution is 0.362. The quantitative estimate of drug-likeness (QED) is 0.726. The van der Waals surface area contributed by atoms with Crippen molar-refractivity contribution in [1.29, 1.82) is 5.26 Å². The summed E-state index contributed by atoms with van der Waals surface area (Å²) in [7, 11) is 0. The van der Waals surface area contributed by atoms with Gasteiger partial charge in [-0.25, -0.2) is 9.07 Å². The summed E-state index contributed by atoms with van der Waals surface area (Å²) in [5.41, 5.74) is 1.61. The van der Waals surface area contributed by atoms with Crippen molar-refractivity contribution in [3.05, 3.63) is 62.6 Å². The molecule has 126 valence electrons. The Bertz CT molecular complexity index is 1060. The average Bonchev–Trinajstić information content (AvgIpc) is 3.04. The molecule has 0 saturated carbocycles. The van der Waals surface area contributed by atoms with Crippen LogP contribution >= 0.6 is 0 Å². The van der Waals surface area contributed by atoms with Crippen LogP contribution in [0, 0.1) is 37.9 Å². The van der Waals surface area contributed by atoms with E-state index >= 15 is 0 Å². The van der Waals surface area contributed by atoms with E-state index in [1.807, 2.05) is 6.07 Å². The molecule has 7 nitrogen and oxygen atoms in total. The maximum Gasteiger partial charge on any atom is 0.285 e. The highest BCUT2D eigenvalue weighted by Gasteiger charge is 2.15. The number of hydrogen-bond donors (Lipinski definition) is 0. The third-order valence-electron chi connectivity index (χ3n) is 3.93. The van der Waals surface area contributed by atoms with Gasteiger partial charge in [0.15, 0.2) is 0 Å². The van der Waals surface area contributed by atoms with Crippen LogP contribution in [-0.4, -0.2) is 19.9 Å². The number of halogens is 1. The van der Waals surface area contributed by atoms with Crippen LogP contribution in [0.15, 0.2) is 27.5 Å². The highest BCUT2D eigenvalue weighted by molar-refractivity contribution is 5.54. The van der Waals surface area contributed by atoms with Gasteiger partial charge in [0, 0.05) is 5.56 Å². The van der Waals surface area contributed by atoms with Gasteiger partial charge in [0.2, 0.25) is 11.7 Å². The summed E-state index contributed by atoms with van der Waals surface area (Å²) in [5.74, 6) is -0.0152. The van der Waals surface area contributed by atoms with Gasteiger partial charge < -0.3 is 4.52 Å². The minimum atomic E-state index is -0.522. The molecule has 25 heavy (non-hydrogen) atoms. The van der Waals surface area contributed by atoms with Gasteiger partial charge in [-0.3, -0.25) is 4.79 Å². The molecule has 0 bridgehead atoms. The van der Waals surface area contributed by atoms with Crippen LogP contribution < -0.4 is 5.56 Å². The highest BCUT2D eigenvalue weighted by atomic mass is 19.1. The molecule has 0 aliphatic rings. The monoisotopic (exact) mass is 339 g/mol. The zero-order valence-electron chi connectivity index (χ0n) is 13.9. The molecular weight excluding hydrogens is 325 g/mol. The first-order valence-electron chi connectivity index (χ1n) is 7.48. The van der Waals surface area contributed by atoms with E-state index in [9.17, 15) is 9.18 Å². The minimum Gasteiger partial charge on any atom is -0.337 e. The lowest BCUT2D eigenvalue weighted by Gasteiger charge is -2.06. The topological polar surface area (TPSA) is 97.6 Å². The van der Waals surface area contributed by atoms with E-state index < -0.39 is 5.56 Å². The molecule has 0 radical (unpaired) electrons. The van der Waals surface area contributed by atoms with Crippen molar-refractivity contribution >= 4 is 0 Å². The van der Waals surface area contributed by atoms with Crippen LogP contribution in [0.25, 0.3) is 11.4 Å². The summed E-state index contributed by atoms with van der Waals surface area (Å²) < 4.78 is 19.9. The Morgan fingerprint density at radius 2 is 2.08 bits per heavy atom. The molecule has 0 N–H and O–H groups in total. The molecule has 0 saturated heterocycles. The predicted octanol–water partition coefficient (Wildman–Crippen LogP) is 2.28. The van der Waals surface area contributed by atoms with Crippen molar-refractivity contribution in [3.8, 4) is 17.5 Å². The molecule has 0 fully saturated rings. The largest absolute Gasteiger partial charge is 0.337 e. The second-order valence-electron chi connectivity index (χ2n) is 5.64. The Morgan fingerprint density at radius 3 is 2.76 bits per heavy atom. The molecule has 0 aliphatic carbocycles. The average molecular weight is 339 g/mol. The summed E-state index contributed by atoms with van der Waals surface area (Å²) >= 11 is 0. The van der Waals surface area contributed by atoms with Gasteiger partial charge in [-0.1, -0.05) is 17.3 Å². The van der Waals surface area contributed by atoms with Crippen LogP contribution in [0.2, 0.25) is 0 Å². The number of benzene rings is 1. The van der Waals surface area contributed by atoms with E-state index in [2.05, 4.69) is 15.2 Å². The molecule has 3 rings (SSSR count). The first-order chi connectivity index (χ1) is 11.9. The number of nitriles is 1. The minimum absolute atomic E-state index is 0.0350. The van der Waals surface area contributed by atoms with E-state index in [1.54, 1.807) is 32.9 Å². The van der Waals surface area contributed by atoms with Crippen LogP contribution in [0.4, 0.5) is 4.39 Å². The van der Waals surface area contributed by atoms with Gasteiger partial charge in [-0.05, 0) is 38.0 Å². The van der Waals surface area contributed by atoms with Crippen molar-refractivity contribution in [1.82, 2.24) is 19.9 Å². The summed E-state index contributed by atoms with van der Waals surface area (Å²) in [6.07, 6.45) is 0. The second kappa shape index (κ2) is 6.28. The normalized spacial score (nSPS) is 10.7. The molecule has 8 heteroatoms. The van der Waals surface area contributed by atoms with Gasteiger partial charge in [-0.2, -0.15) is 15.3 Å². The summed E-state index contributed by atoms with van der Waals surface area (Å²) in [4.78, 5) is 16.4. The van der Waals surface area contributed by atoms with E-state index in [-0.39, 0.29) is 29.6 Å². The van der Waals surface area contributed by atoms with Gasteiger partial charge in [-0.15, -0.1) is 0 Å². The molecule has 0 amide bonds. The highest BCUT2D eigenvalue weighted by Crippen LogP contribution is 2.19. The van der Waals surface area contributed by atoms with Crippen molar-refractivity contribution < 1.29 is 8.91 Å². The maximum atomic E-state index is 13.7. The van der Waals surface area contributed by atoms with Gasteiger partial charge in [0.25, 0.3) is 5.56 Å². The summed E-state index contributed by atoms with van der Waals surface area (Å²) in [5, 5.41) is 17.1. The zero-order chi connectivity index (χ0) is 18.1. The number of hydrogen-bond acceptors (Lipinski definition) is 6. The molecular formula is C17H14FN5O2. The smallest absolute Gasteiger partial charge is 0.285 e. The number of aromatic nitrogens is 4. The summed E-state index contributed by atoms with van der Waals surface area (Å²) in [6, 6.07) is 6.51. The van der Waals surface area contributed by atoms with Crippen LogP contribution in [0.5, 0.6) is 0 Å². The van der Waals surface area contributed by atoms with Gasteiger partial charge in [0.1, 0.15) is 24.0 Å². The van der Waals surface area contributed by atoms with Crippen molar-refractivity contribution in [3.63, 3.8) is 0 Å². The Morgan fingerprint density at radius 1 is 1.32 bits per heavy atom. The summed E-state index contributed by atoms with van der Waals surface area (Å²) in [6.45, 7) is 4.96. The number of rotatable bonds is 3. The molecule has 3 aromatic rings. The van der Waals surface area contributed by atoms with Gasteiger partial charge >= 0.3 is 0 Å². The lowest BCUT2D eigenvalue weighted by atomic mass is 10.1. The van der Waals surface area contributed by atoms with Crippen molar-refractivity contribution in [2.24, 2.45) is 0 Å². The van der Waals surface area contributed by atoms with Crippen LogP contribution in [-0.2, 0) is 6.54 Å². The fraction of sp³-hybridized carbons (Fsp3) is 0.235. The fourth-order valence-corrected chi connectivity index (χ4v) is 2.31. The SMILES string of the molecule is Cc1ccc(-c2noc(Cn3nc(C)c(C)c(C#N)c3=O)n2)cc1F. The molecule has 0 spiro atoms. The molecule has 0 atom stereocenters. The third-order valence-corrected chi connectivity index (χ3v) is 3.93. The number of aryl methyl sites for hydroxylation is 2. The Kier molecular flexibility index (Phi) is 4.15. The van der Waals surface area contributed by atoms with E-state index in [4.69, 9.17) is 9.78 Å². The first-order valence-corrected chi connectivity index (χ1v) is 7.48. The van der Waals surface area contributed by atoms with E-state index in [0.717, 1.165) is 4.68 Å². The van der Waals surface area contributed by atoms with Gasteiger partial charge in [0.05, 0.1) is 5.69 Å². The molecule has 0 unspecified atom stereocenters. The Hall–Kier alpha value is -3.34. The third kappa shape index (κ3) is 3.04. The van der Waals surface area contributed by atoms with E-state index in [1.165, 1.54) is 6.07 Å². The zero-order valence-corrected chi connectivity index (χ0v) is 13.9. The predicted molar refractivity (Wildman–Crippen MR) is 86.2 cm³/mol. The fourth-order valence-electron chi connectivity index (χ4n) is 2.31. The molecule has 1 aromatic carbocycles. The lowest BCUT2D eigenvalue weighted by Crippen LogP contribution is -2.28. The molecule has 0 aliphatic heterocycles. The second-order valence-corrected chi connectivity index (χ2v) is 5.64. The Balaban J connectivity index is 1.95.